The van der Waals surface area contributed by atoms with Crippen molar-refractivity contribution in [2.45, 2.75) is 44.2 Å². The van der Waals surface area contributed by atoms with E-state index in [1.54, 1.807) is 0 Å². The molecule has 1 saturated carbocycles. The molecule has 0 spiro atoms. The Hall–Kier alpha value is -1.37. The van der Waals surface area contributed by atoms with Crippen LogP contribution in [0.15, 0.2) is 18.2 Å². The lowest BCUT2D eigenvalue weighted by Crippen LogP contribution is -2.34. The topological polar surface area (TPSA) is 110 Å². The van der Waals surface area contributed by atoms with Gasteiger partial charge in [-0.1, -0.05) is 19.3 Å². The predicted molar refractivity (Wildman–Crippen MR) is 81.5 cm³/mol. The molecule has 2 atom stereocenters. The molecule has 0 aliphatic heterocycles. The molecule has 1 aliphatic carbocycles. The number of nitrogens with zero attached hydrogens (tertiary/aromatic N) is 1. The van der Waals surface area contributed by atoms with Gasteiger partial charge in [0.2, 0.25) is 0 Å². The van der Waals surface area contributed by atoms with Gasteiger partial charge >= 0.3 is 0 Å². The Labute approximate surface area is 129 Å². The Morgan fingerprint density at radius 1 is 1.29 bits per heavy atom. The van der Waals surface area contributed by atoms with Gasteiger partial charge in [-0.15, -0.1) is 12.4 Å². The van der Waals surface area contributed by atoms with Crippen LogP contribution in [0.4, 0.5) is 5.69 Å². The van der Waals surface area contributed by atoms with E-state index in [4.69, 9.17) is 5.73 Å². The third kappa shape index (κ3) is 4.06. The fourth-order valence-electron chi connectivity index (χ4n) is 2.88. The second-order valence-corrected chi connectivity index (χ2v) is 5.41. The van der Waals surface area contributed by atoms with Crippen LogP contribution in [0.2, 0.25) is 0 Å². The molecule has 7 heteroatoms. The molecule has 1 aromatic carbocycles. The first-order chi connectivity index (χ1) is 9.50. The van der Waals surface area contributed by atoms with Crippen LogP contribution in [0.25, 0.3) is 0 Å². The lowest BCUT2D eigenvalue weighted by molar-refractivity contribution is -0.385. The van der Waals surface area contributed by atoms with Crippen molar-refractivity contribution in [2.75, 3.05) is 0 Å². The molecular formula is C14H21ClN2O4. The number of phenolic OH excluding ortho intramolecular Hbond substituents is 1. The zero-order valence-electron chi connectivity index (χ0n) is 11.6. The normalized spacial score (nSPS) is 18.6. The Kier molecular flexibility index (Phi) is 6.39. The Bertz CT molecular complexity index is 492. The minimum absolute atomic E-state index is 0. The van der Waals surface area contributed by atoms with E-state index in [-0.39, 0.29) is 35.3 Å². The van der Waals surface area contributed by atoms with Crippen LogP contribution in [0, 0.1) is 16.0 Å². The summed E-state index contributed by atoms with van der Waals surface area (Å²) in [5.74, 6) is -0.0182. The molecule has 0 radical (unpaired) electrons. The molecular weight excluding hydrogens is 296 g/mol. The molecule has 1 aromatic rings. The van der Waals surface area contributed by atoms with Gasteiger partial charge in [-0.05, 0) is 24.8 Å². The molecule has 118 valence electrons. The second-order valence-electron chi connectivity index (χ2n) is 5.41. The van der Waals surface area contributed by atoms with Gasteiger partial charge in [0.1, 0.15) is 5.75 Å². The lowest BCUT2D eigenvalue weighted by atomic mass is 9.81. The van der Waals surface area contributed by atoms with E-state index < -0.39 is 17.1 Å². The van der Waals surface area contributed by atoms with Crippen molar-refractivity contribution in [3.8, 4) is 5.75 Å². The summed E-state index contributed by atoms with van der Waals surface area (Å²) in [6.07, 6.45) is 4.32. The van der Waals surface area contributed by atoms with Crippen molar-refractivity contribution in [3.05, 3.63) is 33.9 Å². The second kappa shape index (κ2) is 7.59. The number of nitro groups is 1. The summed E-state index contributed by atoms with van der Waals surface area (Å²) in [5.41, 5.74) is 6.11. The molecule has 21 heavy (non-hydrogen) atoms. The summed E-state index contributed by atoms with van der Waals surface area (Å²) < 4.78 is 0. The molecule has 0 saturated heterocycles. The number of aliphatic hydroxyl groups is 1. The lowest BCUT2D eigenvalue weighted by Gasteiger charge is -2.30. The van der Waals surface area contributed by atoms with E-state index in [0.29, 0.717) is 0 Å². The SMILES string of the molecule is Cl.N[C@H](c1cc([N+](=O)[O-])ccc1O)[C@@H](O)C1CCCCC1. The minimum Gasteiger partial charge on any atom is -0.508 e. The number of halogens is 1. The van der Waals surface area contributed by atoms with E-state index in [1.807, 2.05) is 0 Å². The smallest absolute Gasteiger partial charge is 0.270 e. The van der Waals surface area contributed by atoms with E-state index in [2.05, 4.69) is 0 Å². The monoisotopic (exact) mass is 316 g/mol. The molecule has 0 heterocycles. The van der Waals surface area contributed by atoms with E-state index in [1.165, 1.54) is 24.6 Å². The van der Waals surface area contributed by atoms with Crippen LogP contribution >= 0.6 is 12.4 Å². The van der Waals surface area contributed by atoms with Crippen molar-refractivity contribution < 1.29 is 15.1 Å². The summed E-state index contributed by atoms with van der Waals surface area (Å²) >= 11 is 0. The Morgan fingerprint density at radius 2 is 1.90 bits per heavy atom. The number of non-ortho nitro benzene ring substituents is 1. The molecule has 1 fully saturated rings. The molecule has 0 unspecified atom stereocenters. The minimum atomic E-state index is -0.807. The van der Waals surface area contributed by atoms with Gasteiger partial charge in [0.15, 0.2) is 0 Å². The number of nitro benzene ring substituents is 1. The average Bonchev–Trinajstić information content (AvgIpc) is 2.47. The van der Waals surface area contributed by atoms with Gasteiger partial charge in [0, 0.05) is 17.7 Å². The summed E-state index contributed by atoms with van der Waals surface area (Å²) in [6.45, 7) is 0. The zero-order chi connectivity index (χ0) is 14.7. The van der Waals surface area contributed by atoms with Gasteiger partial charge in [-0.25, -0.2) is 0 Å². The zero-order valence-corrected chi connectivity index (χ0v) is 12.5. The van der Waals surface area contributed by atoms with Crippen molar-refractivity contribution >= 4 is 18.1 Å². The first kappa shape index (κ1) is 17.7. The highest BCUT2D eigenvalue weighted by Gasteiger charge is 2.29. The molecule has 6 nitrogen and oxygen atoms in total. The van der Waals surface area contributed by atoms with Gasteiger partial charge in [-0.2, -0.15) is 0 Å². The number of phenols is 1. The molecule has 4 N–H and O–H groups in total. The number of hydrogen-bond donors (Lipinski definition) is 3. The molecule has 1 aliphatic rings. The third-order valence-corrected chi connectivity index (χ3v) is 4.08. The Balaban J connectivity index is 0.00000220. The maximum Gasteiger partial charge on any atom is 0.270 e. The fourth-order valence-corrected chi connectivity index (χ4v) is 2.88. The van der Waals surface area contributed by atoms with Gasteiger partial charge < -0.3 is 15.9 Å². The van der Waals surface area contributed by atoms with Gasteiger partial charge in [0.25, 0.3) is 5.69 Å². The largest absolute Gasteiger partial charge is 0.508 e. The number of aliphatic hydroxyl groups excluding tert-OH is 1. The van der Waals surface area contributed by atoms with E-state index in [0.717, 1.165) is 25.7 Å². The number of benzene rings is 1. The molecule has 0 amide bonds. The van der Waals surface area contributed by atoms with Crippen molar-refractivity contribution in [2.24, 2.45) is 11.7 Å². The van der Waals surface area contributed by atoms with Crippen LogP contribution in [-0.4, -0.2) is 21.2 Å². The van der Waals surface area contributed by atoms with Crippen LogP contribution in [0.3, 0.4) is 0 Å². The highest BCUT2D eigenvalue weighted by Crippen LogP contribution is 2.35. The van der Waals surface area contributed by atoms with E-state index >= 15 is 0 Å². The standard InChI is InChI=1S/C14H20N2O4.ClH/c15-13(14(18)9-4-2-1-3-5-9)11-8-10(16(19)20)6-7-12(11)17;/h6-9,13-14,17-18H,1-5,15H2;1H/t13-,14+;/m1./s1. The first-order valence-corrected chi connectivity index (χ1v) is 6.91. The molecule has 0 bridgehead atoms. The summed E-state index contributed by atoms with van der Waals surface area (Å²) in [4.78, 5) is 10.2. The van der Waals surface area contributed by atoms with Gasteiger partial charge in [0.05, 0.1) is 17.1 Å². The Morgan fingerprint density at radius 3 is 2.48 bits per heavy atom. The van der Waals surface area contributed by atoms with Crippen molar-refractivity contribution in [3.63, 3.8) is 0 Å². The highest BCUT2D eigenvalue weighted by atomic mass is 35.5. The van der Waals surface area contributed by atoms with Crippen LogP contribution in [-0.2, 0) is 0 Å². The maximum atomic E-state index is 10.8. The maximum absolute atomic E-state index is 10.8. The number of hydrogen-bond acceptors (Lipinski definition) is 5. The van der Waals surface area contributed by atoms with Crippen LogP contribution in [0.5, 0.6) is 5.75 Å². The third-order valence-electron chi connectivity index (χ3n) is 4.08. The number of aromatic hydroxyl groups is 1. The number of nitrogens with two attached hydrogens (primary N) is 1. The quantitative estimate of drug-likeness (QED) is 0.584. The highest BCUT2D eigenvalue weighted by molar-refractivity contribution is 5.85. The van der Waals surface area contributed by atoms with Crippen LogP contribution < -0.4 is 5.73 Å². The summed E-state index contributed by atoms with van der Waals surface area (Å²) in [5, 5.41) is 30.9. The molecule has 2 rings (SSSR count). The first-order valence-electron chi connectivity index (χ1n) is 6.91. The van der Waals surface area contributed by atoms with Gasteiger partial charge in [-0.3, -0.25) is 10.1 Å². The summed E-state index contributed by atoms with van der Waals surface area (Å²) in [7, 11) is 0. The average molecular weight is 317 g/mol. The summed E-state index contributed by atoms with van der Waals surface area (Å²) in [6, 6.07) is 2.91. The predicted octanol–water partition coefficient (Wildman–Crippen LogP) is 2.66. The number of rotatable bonds is 4. The van der Waals surface area contributed by atoms with Crippen molar-refractivity contribution in [1.29, 1.82) is 0 Å². The van der Waals surface area contributed by atoms with Crippen molar-refractivity contribution in [1.82, 2.24) is 0 Å². The molecule has 0 aromatic heterocycles. The van der Waals surface area contributed by atoms with E-state index in [9.17, 15) is 20.3 Å². The van der Waals surface area contributed by atoms with Crippen LogP contribution in [0.1, 0.15) is 43.7 Å². The fraction of sp³-hybridized carbons (Fsp3) is 0.571.